The maximum atomic E-state index is 14.7. The van der Waals surface area contributed by atoms with E-state index in [0.717, 1.165) is 38.3 Å². The molecule has 3 rings (SSSR count). The van der Waals surface area contributed by atoms with Crippen LogP contribution < -0.4 is 15.2 Å². The molecule has 0 saturated carbocycles. The van der Waals surface area contributed by atoms with Gasteiger partial charge in [0, 0.05) is 11.1 Å². The third-order valence-electron chi connectivity index (χ3n) is 5.39. The van der Waals surface area contributed by atoms with Gasteiger partial charge in [0.1, 0.15) is 5.82 Å². The highest BCUT2D eigenvalue weighted by Gasteiger charge is 2.21. The van der Waals surface area contributed by atoms with Crippen molar-refractivity contribution in [1.29, 1.82) is 0 Å². The molecule has 1 amide bonds. The fourth-order valence-corrected chi connectivity index (χ4v) is 3.49. The Kier molecular flexibility index (Phi) is 6.41. The third kappa shape index (κ3) is 4.57. The van der Waals surface area contributed by atoms with Crippen molar-refractivity contribution in [2.75, 3.05) is 37.6 Å². The summed E-state index contributed by atoms with van der Waals surface area (Å²) in [4.78, 5) is 15.9. The van der Waals surface area contributed by atoms with Crippen molar-refractivity contribution in [2.24, 2.45) is 5.10 Å². The van der Waals surface area contributed by atoms with E-state index in [0.29, 0.717) is 22.5 Å². The molecule has 28 heavy (non-hydrogen) atoms. The van der Waals surface area contributed by atoms with Crippen LogP contribution in [0.3, 0.4) is 0 Å². The van der Waals surface area contributed by atoms with E-state index in [-0.39, 0.29) is 11.7 Å². The molecular formula is C22H28FN4O+. The number of piperazine rings is 1. The molecule has 2 aromatic carbocycles. The van der Waals surface area contributed by atoms with Gasteiger partial charge in [-0.1, -0.05) is 24.3 Å². The zero-order chi connectivity index (χ0) is 20.1. The first-order valence-corrected chi connectivity index (χ1v) is 9.78. The predicted octanol–water partition coefficient (Wildman–Crippen LogP) is 2.01. The van der Waals surface area contributed by atoms with Crippen LogP contribution in [-0.4, -0.2) is 44.3 Å². The highest BCUT2D eigenvalue weighted by atomic mass is 19.1. The number of hydrogen-bond donors (Lipinski definition) is 2. The van der Waals surface area contributed by atoms with Gasteiger partial charge in [0.15, 0.2) is 0 Å². The Bertz CT molecular complexity index is 873. The van der Waals surface area contributed by atoms with Crippen LogP contribution in [0.25, 0.3) is 0 Å². The Balaban J connectivity index is 1.68. The molecule has 0 bridgehead atoms. The number of anilines is 1. The number of carbonyl (C=O) groups is 1. The normalized spacial score (nSPS) is 15.6. The lowest BCUT2D eigenvalue weighted by Gasteiger charge is -2.33. The van der Waals surface area contributed by atoms with Gasteiger partial charge in [0.25, 0.3) is 5.91 Å². The van der Waals surface area contributed by atoms with Gasteiger partial charge in [-0.25, -0.2) is 9.82 Å². The Morgan fingerprint density at radius 2 is 1.93 bits per heavy atom. The van der Waals surface area contributed by atoms with E-state index in [1.807, 2.05) is 37.3 Å². The molecule has 0 aromatic heterocycles. The minimum absolute atomic E-state index is 0.253. The van der Waals surface area contributed by atoms with Crippen molar-refractivity contribution >= 4 is 17.3 Å². The number of nitrogens with zero attached hydrogens (tertiary/aromatic N) is 2. The molecule has 0 atom stereocenters. The Hall–Kier alpha value is -2.73. The van der Waals surface area contributed by atoms with Gasteiger partial charge >= 0.3 is 0 Å². The summed E-state index contributed by atoms with van der Waals surface area (Å²) < 4.78 is 14.7. The SMILES string of the molecule is CC[NH+]1CCN(c2ccc(/C(C)=N\NC(=O)c3ccccc3C)cc2F)CC1. The van der Waals surface area contributed by atoms with Crippen LogP contribution in [-0.2, 0) is 0 Å². The number of hydrogen-bond acceptors (Lipinski definition) is 3. The van der Waals surface area contributed by atoms with Gasteiger partial charge in [-0.3, -0.25) is 4.79 Å². The number of aryl methyl sites for hydroxylation is 1. The second kappa shape index (κ2) is 8.97. The van der Waals surface area contributed by atoms with Crippen molar-refractivity contribution in [3.63, 3.8) is 0 Å². The molecular weight excluding hydrogens is 355 g/mol. The lowest BCUT2D eigenvalue weighted by molar-refractivity contribution is -0.898. The maximum Gasteiger partial charge on any atom is 0.271 e. The Morgan fingerprint density at radius 1 is 1.21 bits per heavy atom. The second-order valence-electron chi connectivity index (χ2n) is 7.21. The molecule has 0 unspecified atom stereocenters. The number of benzene rings is 2. The third-order valence-corrected chi connectivity index (χ3v) is 5.39. The summed E-state index contributed by atoms with van der Waals surface area (Å²) in [6, 6.07) is 12.5. The molecule has 1 aliphatic rings. The van der Waals surface area contributed by atoms with Crippen molar-refractivity contribution in [3.05, 3.63) is 65.0 Å². The molecule has 0 radical (unpaired) electrons. The largest absolute Gasteiger partial charge is 0.358 e. The standard InChI is InChI=1S/C22H27FN4O/c1-4-26-11-13-27(14-12-26)21-10-9-18(15-20(21)23)17(3)24-25-22(28)19-8-6-5-7-16(19)2/h5-10,15H,4,11-14H2,1-3H3,(H,25,28)/p+1/b24-17-. The zero-order valence-corrected chi connectivity index (χ0v) is 16.8. The Morgan fingerprint density at radius 3 is 2.57 bits per heavy atom. The molecule has 1 saturated heterocycles. The predicted molar refractivity (Wildman–Crippen MR) is 111 cm³/mol. The van der Waals surface area contributed by atoms with Crippen LogP contribution in [0.1, 0.15) is 35.3 Å². The van der Waals surface area contributed by atoms with Crippen LogP contribution in [0.2, 0.25) is 0 Å². The number of amides is 1. The summed E-state index contributed by atoms with van der Waals surface area (Å²) in [5, 5.41) is 4.15. The van der Waals surface area contributed by atoms with Gasteiger partial charge in [-0.2, -0.15) is 5.10 Å². The number of carbonyl (C=O) groups excluding carboxylic acids is 1. The first-order chi connectivity index (χ1) is 13.5. The fourth-order valence-electron chi connectivity index (χ4n) is 3.49. The quantitative estimate of drug-likeness (QED) is 0.613. The van der Waals surface area contributed by atoms with Gasteiger partial charge < -0.3 is 9.80 Å². The van der Waals surface area contributed by atoms with Gasteiger partial charge in [-0.05, 0) is 44.5 Å². The molecule has 1 heterocycles. The first-order valence-electron chi connectivity index (χ1n) is 9.78. The topological polar surface area (TPSA) is 49.1 Å². The van der Waals surface area contributed by atoms with Crippen LogP contribution in [0.15, 0.2) is 47.6 Å². The van der Waals surface area contributed by atoms with Crippen LogP contribution in [0.5, 0.6) is 0 Å². The Labute approximate surface area is 165 Å². The summed E-state index contributed by atoms with van der Waals surface area (Å²) in [5.41, 5.74) is 5.87. The van der Waals surface area contributed by atoms with E-state index < -0.39 is 0 Å². The lowest BCUT2D eigenvalue weighted by Crippen LogP contribution is -3.14. The summed E-state index contributed by atoms with van der Waals surface area (Å²) >= 11 is 0. The van der Waals surface area contributed by atoms with E-state index in [1.165, 1.54) is 6.07 Å². The molecule has 1 aliphatic heterocycles. The number of quaternary nitrogens is 1. The van der Waals surface area contributed by atoms with Crippen molar-refractivity contribution in [1.82, 2.24) is 5.43 Å². The smallest absolute Gasteiger partial charge is 0.271 e. The highest BCUT2D eigenvalue weighted by molar-refractivity contribution is 6.01. The molecule has 148 valence electrons. The van der Waals surface area contributed by atoms with E-state index in [9.17, 15) is 9.18 Å². The van der Waals surface area contributed by atoms with Crippen molar-refractivity contribution in [2.45, 2.75) is 20.8 Å². The maximum absolute atomic E-state index is 14.7. The van der Waals surface area contributed by atoms with Crippen LogP contribution in [0, 0.1) is 12.7 Å². The fraction of sp³-hybridized carbons (Fsp3) is 0.364. The van der Waals surface area contributed by atoms with Gasteiger partial charge in [0.2, 0.25) is 0 Å². The second-order valence-corrected chi connectivity index (χ2v) is 7.21. The molecule has 6 heteroatoms. The average molecular weight is 383 g/mol. The highest BCUT2D eigenvalue weighted by Crippen LogP contribution is 2.21. The summed E-state index contributed by atoms with van der Waals surface area (Å²) in [6.07, 6.45) is 0. The van der Waals surface area contributed by atoms with Crippen LogP contribution in [0.4, 0.5) is 10.1 Å². The van der Waals surface area contributed by atoms with Crippen molar-refractivity contribution < 1.29 is 14.1 Å². The van der Waals surface area contributed by atoms with Gasteiger partial charge in [0.05, 0.1) is 44.1 Å². The minimum atomic E-state index is -0.272. The number of rotatable bonds is 5. The van der Waals surface area contributed by atoms with Crippen molar-refractivity contribution in [3.8, 4) is 0 Å². The number of nitrogens with one attached hydrogen (secondary N) is 2. The molecule has 0 spiro atoms. The molecule has 0 aliphatic carbocycles. The first kappa shape index (κ1) is 20.0. The zero-order valence-electron chi connectivity index (χ0n) is 16.8. The summed E-state index contributed by atoms with van der Waals surface area (Å²) in [7, 11) is 0. The number of likely N-dealkylation sites (N-methyl/N-ethyl adjacent to an activating group) is 1. The minimum Gasteiger partial charge on any atom is -0.358 e. The van der Waals surface area contributed by atoms with E-state index in [4.69, 9.17) is 0 Å². The lowest BCUT2D eigenvalue weighted by atomic mass is 10.1. The molecule has 5 nitrogen and oxygen atoms in total. The van der Waals surface area contributed by atoms with E-state index in [2.05, 4.69) is 22.4 Å². The molecule has 1 fully saturated rings. The number of halogens is 1. The van der Waals surface area contributed by atoms with Gasteiger partial charge in [-0.15, -0.1) is 0 Å². The molecule has 2 aromatic rings. The van der Waals surface area contributed by atoms with E-state index in [1.54, 1.807) is 17.9 Å². The average Bonchev–Trinajstić information content (AvgIpc) is 2.72. The molecule has 2 N–H and O–H groups in total. The summed E-state index contributed by atoms with van der Waals surface area (Å²) in [6.45, 7) is 10.7. The van der Waals surface area contributed by atoms with E-state index >= 15 is 0 Å². The summed E-state index contributed by atoms with van der Waals surface area (Å²) in [5.74, 6) is -0.525. The van der Waals surface area contributed by atoms with Crippen LogP contribution >= 0.6 is 0 Å². The number of hydrazone groups is 1. The monoisotopic (exact) mass is 383 g/mol.